The van der Waals surface area contributed by atoms with Gasteiger partial charge in [0.1, 0.15) is 6.61 Å². The van der Waals surface area contributed by atoms with Gasteiger partial charge in [0, 0.05) is 23.2 Å². The van der Waals surface area contributed by atoms with E-state index in [4.69, 9.17) is 16.3 Å². The van der Waals surface area contributed by atoms with E-state index in [0.717, 1.165) is 5.57 Å². The largest absolute Gasteiger partial charge is 0.450 e. The lowest BCUT2D eigenvalue weighted by Gasteiger charge is -2.64. The minimum Gasteiger partial charge on any atom is -0.450 e. The predicted octanol–water partition coefficient (Wildman–Crippen LogP) is 3.48. The average molecular weight is 568 g/mol. The minimum atomic E-state index is -1.63. The molecule has 11 heteroatoms. The molecule has 39 heavy (non-hydrogen) atoms. The summed E-state index contributed by atoms with van der Waals surface area (Å²) in [6.45, 7) is 4.79. The number of hydrogen-bond donors (Lipinski definition) is 2. The van der Waals surface area contributed by atoms with Crippen molar-refractivity contribution in [3.8, 4) is 0 Å². The molecule has 8 atom stereocenters. The second-order valence-corrected chi connectivity index (χ2v) is 12.7. The number of rotatable bonds is 10. The number of allylic oxidation sites excluding steroid dienone is 4. The second kappa shape index (κ2) is 10.6. The lowest BCUT2D eigenvalue weighted by Crippen LogP contribution is -2.69. The number of Topliss-reactive ketones (excluding diaryl/α,β-unsaturated/α-hetero) is 1. The maximum atomic E-state index is 13.5. The number of esters is 1. The Balaban J connectivity index is 1.61. The number of halogens is 1. The third-order valence-electron chi connectivity index (χ3n) is 10.2. The highest BCUT2D eigenvalue weighted by molar-refractivity contribution is 6.26. The van der Waals surface area contributed by atoms with Gasteiger partial charge in [-0.2, -0.15) is 0 Å². The van der Waals surface area contributed by atoms with Crippen molar-refractivity contribution in [1.82, 2.24) is 0 Å². The lowest BCUT2D eigenvalue weighted by atomic mass is 9.45. The summed E-state index contributed by atoms with van der Waals surface area (Å²) < 4.78 is 6.08. The number of carbonyl (C=O) groups is 3. The fourth-order valence-electron chi connectivity index (χ4n) is 8.43. The Morgan fingerprint density at radius 1 is 1.23 bits per heavy atom. The first-order valence-electron chi connectivity index (χ1n) is 13.7. The number of nitrogens with zero attached hydrogens (tertiary/aromatic N) is 1. The van der Waals surface area contributed by atoms with Crippen molar-refractivity contribution in [3.63, 3.8) is 0 Å². The molecule has 2 unspecified atom stereocenters. The molecule has 216 valence electrons. The molecule has 0 spiro atoms. The van der Waals surface area contributed by atoms with Crippen LogP contribution in [0.2, 0.25) is 0 Å². The van der Waals surface area contributed by atoms with Crippen molar-refractivity contribution in [3.05, 3.63) is 33.9 Å². The summed E-state index contributed by atoms with van der Waals surface area (Å²) in [4.78, 5) is 52.2. The molecule has 3 saturated carbocycles. The Kier molecular flexibility index (Phi) is 8.06. The Bertz CT molecular complexity index is 1110. The number of carbonyl (C=O) groups excluding carboxylic acids is 3. The average Bonchev–Trinajstić information content (AvgIpc) is 3.08. The highest BCUT2D eigenvalue weighted by Gasteiger charge is 2.76. The highest BCUT2D eigenvalue weighted by atomic mass is 35.5. The number of fused-ring (bicyclic) bond motifs is 5. The van der Waals surface area contributed by atoms with Gasteiger partial charge in [-0.3, -0.25) is 14.4 Å². The van der Waals surface area contributed by atoms with Crippen LogP contribution in [0.25, 0.3) is 0 Å². The molecule has 0 saturated heterocycles. The van der Waals surface area contributed by atoms with E-state index in [1.165, 1.54) is 6.08 Å². The monoisotopic (exact) mass is 567 g/mol. The standard InChI is InChI=1S/C28H38ClNO9/c1-17-13-21-20-9-8-18-14-19(32)10-11-25(18,2)27(20,29)22(33)15-26(21,3)28(17,23(34)16-31)39-24(35)7-5-4-6-12-38-30(36)37/h10-11,14,17,20-22,31,33H,4-9,12-13,15-16H2,1-3H3/t17-,20?,21?,22-,25-,26-,27-,28-/m0/s1. The van der Waals surface area contributed by atoms with Gasteiger partial charge in [0.2, 0.25) is 5.78 Å². The molecule has 0 amide bonds. The normalized spacial score (nSPS) is 40.7. The second-order valence-electron chi connectivity index (χ2n) is 12.1. The van der Waals surface area contributed by atoms with Gasteiger partial charge in [-0.25, -0.2) is 0 Å². The molecule has 4 aliphatic rings. The van der Waals surface area contributed by atoms with Gasteiger partial charge in [0.25, 0.3) is 5.09 Å². The van der Waals surface area contributed by atoms with E-state index < -0.39 is 56.8 Å². The molecule has 0 aromatic carbocycles. The van der Waals surface area contributed by atoms with E-state index in [-0.39, 0.29) is 37.1 Å². The minimum absolute atomic E-state index is 0.00284. The molecule has 4 rings (SSSR count). The van der Waals surface area contributed by atoms with Crippen molar-refractivity contribution in [2.45, 2.75) is 88.7 Å². The zero-order chi connectivity index (χ0) is 28.8. The van der Waals surface area contributed by atoms with E-state index in [1.54, 1.807) is 12.2 Å². The van der Waals surface area contributed by atoms with E-state index in [1.807, 2.05) is 20.8 Å². The summed E-state index contributed by atoms with van der Waals surface area (Å²) in [6.07, 6.45) is 6.98. The van der Waals surface area contributed by atoms with Crippen molar-refractivity contribution >= 4 is 29.1 Å². The molecule has 0 aromatic rings. The quantitative estimate of drug-likeness (QED) is 0.133. The number of unbranched alkanes of at least 4 members (excludes halogenated alkanes) is 2. The zero-order valence-electron chi connectivity index (χ0n) is 22.7. The van der Waals surface area contributed by atoms with E-state index >= 15 is 0 Å². The predicted molar refractivity (Wildman–Crippen MR) is 140 cm³/mol. The Labute approximate surface area is 232 Å². The zero-order valence-corrected chi connectivity index (χ0v) is 23.4. The smallest absolute Gasteiger partial charge is 0.306 e. The van der Waals surface area contributed by atoms with Crippen LogP contribution in [-0.4, -0.2) is 62.6 Å². The lowest BCUT2D eigenvalue weighted by molar-refractivity contribution is -0.757. The molecule has 10 nitrogen and oxygen atoms in total. The van der Waals surface area contributed by atoms with Crippen molar-refractivity contribution in [2.75, 3.05) is 13.2 Å². The van der Waals surface area contributed by atoms with Gasteiger partial charge in [-0.05, 0) is 62.5 Å². The molecule has 2 N–H and O–H groups in total. The van der Waals surface area contributed by atoms with Gasteiger partial charge in [-0.15, -0.1) is 21.7 Å². The summed E-state index contributed by atoms with van der Waals surface area (Å²) in [5, 5.41) is 31.2. The molecule has 0 bridgehead atoms. The number of hydrogen-bond acceptors (Lipinski definition) is 9. The molecule has 3 fully saturated rings. The summed E-state index contributed by atoms with van der Waals surface area (Å²) in [7, 11) is 0. The van der Waals surface area contributed by atoms with Crippen LogP contribution in [0.3, 0.4) is 0 Å². The number of ketones is 2. The van der Waals surface area contributed by atoms with Crippen LogP contribution in [0.1, 0.15) is 72.1 Å². The van der Waals surface area contributed by atoms with Gasteiger partial charge in [-0.1, -0.05) is 38.8 Å². The summed E-state index contributed by atoms with van der Waals surface area (Å²) in [5.41, 5.74) is -2.47. The first-order chi connectivity index (χ1) is 18.3. The van der Waals surface area contributed by atoms with Crippen LogP contribution in [0.4, 0.5) is 0 Å². The van der Waals surface area contributed by atoms with Crippen LogP contribution < -0.4 is 0 Å². The van der Waals surface area contributed by atoms with E-state index in [2.05, 4.69) is 4.84 Å². The summed E-state index contributed by atoms with van der Waals surface area (Å²) in [6, 6.07) is 0. The van der Waals surface area contributed by atoms with Crippen LogP contribution >= 0.6 is 11.6 Å². The van der Waals surface area contributed by atoms with Crippen molar-refractivity contribution < 1.29 is 39.3 Å². The van der Waals surface area contributed by atoms with Crippen LogP contribution in [-0.2, 0) is 24.0 Å². The van der Waals surface area contributed by atoms with Crippen molar-refractivity contribution in [1.29, 1.82) is 0 Å². The topological polar surface area (TPSA) is 153 Å². The van der Waals surface area contributed by atoms with Crippen LogP contribution in [0.15, 0.2) is 23.8 Å². The van der Waals surface area contributed by atoms with Gasteiger partial charge < -0.3 is 19.8 Å². The first-order valence-corrected chi connectivity index (χ1v) is 14.1. The van der Waals surface area contributed by atoms with Gasteiger partial charge in [0.05, 0.1) is 17.6 Å². The molecular formula is C28H38ClNO9. The van der Waals surface area contributed by atoms with Crippen LogP contribution in [0.5, 0.6) is 0 Å². The summed E-state index contributed by atoms with van der Waals surface area (Å²) in [5.74, 6) is -2.12. The number of aliphatic hydroxyl groups excluding tert-OH is 2. The Morgan fingerprint density at radius 2 is 1.95 bits per heavy atom. The van der Waals surface area contributed by atoms with E-state index in [9.17, 15) is 34.7 Å². The molecule has 4 aliphatic carbocycles. The van der Waals surface area contributed by atoms with Gasteiger partial charge >= 0.3 is 5.97 Å². The number of aliphatic hydroxyl groups is 2. The molecule has 0 aromatic heterocycles. The SMILES string of the molecule is C[C@H]1CC2C3CCC4=CC(=O)C=C[C@]4(C)[C@@]3(Cl)[C@@H](O)C[C@]2(C)[C@@]1(OC(=O)CCCCCO[N+](=O)[O-])C(=O)CO. The van der Waals surface area contributed by atoms with Crippen molar-refractivity contribution in [2.24, 2.45) is 28.6 Å². The maximum Gasteiger partial charge on any atom is 0.306 e. The van der Waals surface area contributed by atoms with E-state index in [0.29, 0.717) is 38.5 Å². The molecule has 0 heterocycles. The fraction of sp³-hybridized carbons (Fsp3) is 0.750. The molecule has 0 radical (unpaired) electrons. The maximum absolute atomic E-state index is 13.5. The first kappa shape index (κ1) is 29.7. The third-order valence-corrected chi connectivity index (χ3v) is 11.2. The number of alkyl halides is 1. The molecular weight excluding hydrogens is 530 g/mol. The Hall–Kier alpha value is -2.30. The summed E-state index contributed by atoms with van der Waals surface area (Å²) >= 11 is 7.46. The van der Waals surface area contributed by atoms with Gasteiger partial charge in [0.15, 0.2) is 11.4 Å². The molecule has 0 aliphatic heterocycles. The highest BCUT2D eigenvalue weighted by Crippen LogP contribution is 2.72. The third kappa shape index (κ3) is 4.43. The Morgan fingerprint density at radius 3 is 2.62 bits per heavy atom. The fourth-order valence-corrected chi connectivity index (χ4v) is 8.96. The number of ether oxygens (including phenoxy) is 1. The van der Waals surface area contributed by atoms with Crippen LogP contribution in [0, 0.1) is 38.7 Å².